The van der Waals surface area contributed by atoms with E-state index in [2.05, 4.69) is 34.4 Å². The Bertz CT molecular complexity index is 539. The van der Waals surface area contributed by atoms with Crippen molar-refractivity contribution in [3.05, 3.63) is 23.7 Å². The number of alkyl halides is 1. The quantitative estimate of drug-likeness (QED) is 0.763. The number of thiophene rings is 1. The lowest BCUT2D eigenvalue weighted by Crippen LogP contribution is -2.41. The largest absolute Gasteiger partial charge is 0.355 e. The highest BCUT2D eigenvalue weighted by atomic mass is 35.5. The van der Waals surface area contributed by atoms with E-state index < -0.39 is 0 Å². The van der Waals surface area contributed by atoms with Crippen LogP contribution < -0.4 is 4.90 Å². The van der Waals surface area contributed by atoms with Crippen molar-refractivity contribution in [2.24, 2.45) is 0 Å². The normalized spacial score (nSPS) is 24.3. The van der Waals surface area contributed by atoms with E-state index in [1.165, 1.54) is 29.3 Å². The van der Waals surface area contributed by atoms with E-state index in [9.17, 15) is 0 Å². The number of nitrogens with zero attached hydrogens (tertiary/aromatic N) is 2. The van der Waals surface area contributed by atoms with Gasteiger partial charge in [-0.05, 0) is 30.4 Å². The third-order valence-corrected chi connectivity index (χ3v) is 5.23. The van der Waals surface area contributed by atoms with Crippen LogP contribution in [-0.2, 0) is 0 Å². The summed E-state index contributed by atoms with van der Waals surface area (Å²) >= 11 is 8.25. The topological polar surface area (TPSA) is 16.1 Å². The van der Waals surface area contributed by atoms with Crippen molar-refractivity contribution in [3.63, 3.8) is 0 Å². The highest BCUT2D eigenvalue weighted by Gasteiger charge is 2.28. The summed E-state index contributed by atoms with van der Waals surface area (Å²) in [6.07, 6.45) is 6.73. The summed E-state index contributed by atoms with van der Waals surface area (Å²) in [4.78, 5) is 6.85. The average molecular weight is 281 g/mol. The first-order valence-corrected chi connectivity index (χ1v) is 7.78. The summed E-state index contributed by atoms with van der Waals surface area (Å²) < 4.78 is 1.30. The Labute approximate surface area is 117 Å². The molecule has 18 heavy (non-hydrogen) atoms. The highest BCUT2D eigenvalue weighted by molar-refractivity contribution is 7.17. The summed E-state index contributed by atoms with van der Waals surface area (Å²) in [5.41, 5.74) is 0. The molecule has 1 aliphatic carbocycles. The van der Waals surface area contributed by atoms with Crippen LogP contribution in [-0.4, -0.2) is 23.5 Å². The molecular formula is C14H17ClN2S. The van der Waals surface area contributed by atoms with Crippen molar-refractivity contribution in [2.45, 2.75) is 37.1 Å². The van der Waals surface area contributed by atoms with Gasteiger partial charge in [0.2, 0.25) is 0 Å². The van der Waals surface area contributed by atoms with E-state index in [1.54, 1.807) is 11.3 Å². The fraction of sp³-hybridized carbons (Fsp3) is 0.500. The monoisotopic (exact) mass is 280 g/mol. The van der Waals surface area contributed by atoms with Gasteiger partial charge in [-0.3, -0.25) is 0 Å². The number of hydrogen-bond acceptors (Lipinski definition) is 3. The second-order valence-electron chi connectivity index (χ2n) is 4.95. The Hall–Kier alpha value is -0.800. The Balaban J connectivity index is 1.95. The van der Waals surface area contributed by atoms with Crippen LogP contribution in [0.25, 0.3) is 10.1 Å². The molecule has 0 bridgehead atoms. The molecule has 2 heterocycles. The summed E-state index contributed by atoms with van der Waals surface area (Å²) in [7, 11) is 2.13. The molecule has 0 spiro atoms. The maximum Gasteiger partial charge on any atom is 0.137 e. The first kappa shape index (κ1) is 12.2. The van der Waals surface area contributed by atoms with Crippen molar-refractivity contribution >= 4 is 38.8 Å². The van der Waals surface area contributed by atoms with Gasteiger partial charge in [0.25, 0.3) is 0 Å². The molecule has 2 atom stereocenters. The maximum atomic E-state index is 6.49. The highest BCUT2D eigenvalue weighted by Crippen LogP contribution is 2.33. The molecule has 0 amide bonds. The lowest BCUT2D eigenvalue weighted by molar-refractivity contribution is 0.433. The number of halogens is 1. The Morgan fingerprint density at radius 1 is 1.33 bits per heavy atom. The van der Waals surface area contributed by atoms with E-state index in [1.807, 2.05) is 6.20 Å². The second-order valence-corrected chi connectivity index (χ2v) is 6.45. The number of fused-ring (bicyclic) bond motifs is 1. The van der Waals surface area contributed by atoms with Crippen LogP contribution in [0.1, 0.15) is 25.7 Å². The number of rotatable bonds is 2. The molecule has 0 N–H and O–H groups in total. The molecule has 2 aromatic heterocycles. The zero-order chi connectivity index (χ0) is 12.5. The van der Waals surface area contributed by atoms with E-state index in [4.69, 9.17) is 11.6 Å². The predicted octanol–water partition coefficient (Wildman–Crippen LogP) is 4.28. The molecular weight excluding hydrogens is 264 g/mol. The van der Waals surface area contributed by atoms with Crippen LogP contribution in [0.5, 0.6) is 0 Å². The van der Waals surface area contributed by atoms with Crippen LogP contribution in [0.2, 0.25) is 0 Å². The molecule has 0 saturated heterocycles. The molecule has 1 saturated carbocycles. The summed E-state index contributed by atoms with van der Waals surface area (Å²) in [5.74, 6) is 1.08. The number of aromatic nitrogens is 1. The molecule has 4 heteroatoms. The van der Waals surface area contributed by atoms with Gasteiger partial charge in [0.15, 0.2) is 0 Å². The van der Waals surface area contributed by atoms with E-state index in [0.717, 1.165) is 12.2 Å². The molecule has 2 aromatic rings. The van der Waals surface area contributed by atoms with Crippen LogP contribution in [0.15, 0.2) is 23.7 Å². The zero-order valence-electron chi connectivity index (χ0n) is 10.5. The number of hydrogen-bond donors (Lipinski definition) is 0. The Morgan fingerprint density at radius 2 is 2.17 bits per heavy atom. The lowest BCUT2D eigenvalue weighted by Gasteiger charge is -2.35. The molecule has 0 radical (unpaired) electrons. The maximum absolute atomic E-state index is 6.49. The molecule has 3 rings (SSSR count). The zero-order valence-corrected chi connectivity index (χ0v) is 12.0. The van der Waals surface area contributed by atoms with Crippen LogP contribution in [0, 0.1) is 0 Å². The van der Waals surface area contributed by atoms with Crippen molar-refractivity contribution in [1.29, 1.82) is 0 Å². The van der Waals surface area contributed by atoms with Gasteiger partial charge < -0.3 is 4.90 Å². The van der Waals surface area contributed by atoms with E-state index >= 15 is 0 Å². The van der Waals surface area contributed by atoms with Gasteiger partial charge in [0.1, 0.15) is 5.82 Å². The fourth-order valence-corrected chi connectivity index (χ4v) is 4.05. The van der Waals surface area contributed by atoms with Gasteiger partial charge in [-0.1, -0.05) is 12.8 Å². The molecule has 2 nitrogen and oxygen atoms in total. The van der Waals surface area contributed by atoms with Crippen LogP contribution in [0.4, 0.5) is 5.82 Å². The lowest BCUT2D eigenvalue weighted by atomic mass is 9.94. The van der Waals surface area contributed by atoms with Crippen molar-refractivity contribution in [2.75, 3.05) is 11.9 Å². The molecule has 96 valence electrons. The Morgan fingerprint density at radius 3 is 3.00 bits per heavy atom. The minimum Gasteiger partial charge on any atom is -0.355 e. The molecule has 2 unspecified atom stereocenters. The minimum atomic E-state index is 0.249. The van der Waals surface area contributed by atoms with Gasteiger partial charge in [0.05, 0.1) is 5.38 Å². The summed E-state index contributed by atoms with van der Waals surface area (Å²) in [6.45, 7) is 0. The van der Waals surface area contributed by atoms with E-state index in [-0.39, 0.29) is 5.38 Å². The van der Waals surface area contributed by atoms with Crippen molar-refractivity contribution in [1.82, 2.24) is 4.98 Å². The first-order chi connectivity index (χ1) is 8.77. The molecule has 1 aliphatic rings. The average Bonchev–Trinajstić information content (AvgIpc) is 2.86. The van der Waals surface area contributed by atoms with Crippen LogP contribution >= 0.6 is 22.9 Å². The predicted molar refractivity (Wildman–Crippen MR) is 79.9 cm³/mol. The van der Waals surface area contributed by atoms with Crippen molar-refractivity contribution < 1.29 is 0 Å². The van der Waals surface area contributed by atoms with Gasteiger partial charge in [-0.15, -0.1) is 22.9 Å². The van der Waals surface area contributed by atoms with Crippen molar-refractivity contribution in [3.8, 4) is 0 Å². The second kappa shape index (κ2) is 5.06. The standard InChI is InChI=1S/C14H17ClN2S/c1-17(12-5-3-2-4-11(12)15)14-10-7-9-18-13(10)6-8-16-14/h6-9,11-12H,2-5H2,1H3. The number of anilines is 1. The molecule has 0 aliphatic heterocycles. The van der Waals surface area contributed by atoms with Crippen LogP contribution in [0.3, 0.4) is 0 Å². The number of pyridine rings is 1. The Kier molecular flexibility index (Phi) is 3.44. The third-order valence-electron chi connectivity index (χ3n) is 3.84. The van der Waals surface area contributed by atoms with Gasteiger partial charge in [-0.2, -0.15) is 0 Å². The molecule has 1 fully saturated rings. The minimum absolute atomic E-state index is 0.249. The van der Waals surface area contributed by atoms with Gasteiger partial charge >= 0.3 is 0 Å². The SMILES string of the molecule is CN(c1nccc2sccc12)C1CCCCC1Cl. The summed E-state index contributed by atoms with van der Waals surface area (Å²) in [5, 5.41) is 3.63. The van der Waals surface area contributed by atoms with Gasteiger partial charge in [-0.25, -0.2) is 4.98 Å². The smallest absolute Gasteiger partial charge is 0.137 e. The molecule has 0 aromatic carbocycles. The third kappa shape index (κ3) is 2.10. The summed E-state index contributed by atoms with van der Waals surface area (Å²) in [6, 6.07) is 4.65. The van der Waals surface area contributed by atoms with E-state index in [0.29, 0.717) is 6.04 Å². The van der Waals surface area contributed by atoms with Gasteiger partial charge in [0, 0.05) is 29.4 Å². The fourth-order valence-electron chi connectivity index (χ4n) is 2.82. The first-order valence-electron chi connectivity index (χ1n) is 6.46.